The minimum atomic E-state index is -0.807. The van der Waals surface area contributed by atoms with Crippen molar-refractivity contribution in [2.45, 2.75) is 31.9 Å². The molecule has 0 aliphatic carbocycles. The summed E-state index contributed by atoms with van der Waals surface area (Å²) in [6, 6.07) is 11.5. The molecule has 0 radical (unpaired) electrons. The summed E-state index contributed by atoms with van der Waals surface area (Å²) in [5, 5.41) is 11.6. The molecule has 5 nitrogen and oxygen atoms in total. The van der Waals surface area contributed by atoms with Crippen LogP contribution in [0.5, 0.6) is 11.5 Å². The van der Waals surface area contributed by atoms with E-state index in [1.54, 1.807) is 0 Å². The molecule has 1 spiro atoms. The lowest BCUT2D eigenvalue weighted by Gasteiger charge is -2.45. The number of anilines is 1. The summed E-state index contributed by atoms with van der Waals surface area (Å²) in [5.41, 5.74) is 2.26. The number of aromatic hydroxyl groups is 1. The zero-order chi connectivity index (χ0) is 19.8. The van der Waals surface area contributed by atoms with Gasteiger partial charge in [-0.2, -0.15) is 0 Å². The van der Waals surface area contributed by atoms with Crippen LogP contribution in [0.1, 0.15) is 30.5 Å². The first-order valence-corrected chi connectivity index (χ1v) is 9.28. The van der Waals surface area contributed by atoms with E-state index in [0.29, 0.717) is 11.1 Å². The van der Waals surface area contributed by atoms with Crippen LogP contribution in [0.2, 0.25) is 0 Å². The Morgan fingerprint density at radius 1 is 1.14 bits per heavy atom. The molecule has 3 aromatic rings. The number of benzene rings is 2. The SMILES string of the molecule is Cc1cc(=O)oc2c(O)c3c(cc12)C=CC1(O3)N(C)c2ccccc2C1(C)C. The van der Waals surface area contributed by atoms with Gasteiger partial charge in [-0.1, -0.05) is 18.2 Å². The first-order chi connectivity index (χ1) is 13.3. The van der Waals surface area contributed by atoms with Gasteiger partial charge >= 0.3 is 5.63 Å². The summed E-state index contributed by atoms with van der Waals surface area (Å²) < 4.78 is 11.8. The molecular formula is C23H21NO4. The van der Waals surface area contributed by atoms with Crippen LogP contribution in [0.15, 0.2) is 51.7 Å². The first-order valence-electron chi connectivity index (χ1n) is 9.28. The van der Waals surface area contributed by atoms with Crippen molar-refractivity contribution in [3.63, 3.8) is 0 Å². The number of nitrogens with zero attached hydrogens (tertiary/aromatic N) is 1. The van der Waals surface area contributed by atoms with Gasteiger partial charge in [-0.05, 0) is 56.2 Å². The summed E-state index contributed by atoms with van der Waals surface area (Å²) in [6.07, 6.45) is 4.03. The molecule has 2 aromatic carbocycles. The Morgan fingerprint density at radius 3 is 2.64 bits per heavy atom. The molecule has 0 saturated heterocycles. The third-order valence-electron chi connectivity index (χ3n) is 6.28. The number of phenols is 1. The highest BCUT2D eigenvalue weighted by molar-refractivity contribution is 5.92. The number of para-hydroxylation sites is 1. The second kappa shape index (κ2) is 5.19. The van der Waals surface area contributed by atoms with E-state index in [1.165, 1.54) is 11.6 Å². The lowest BCUT2D eigenvalue weighted by molar-refractivity contribution is 0.0554. The van der Waals surface area contributed by atoms with Crippen LogP contribution in [0.4, 0.5) is 5.69 Å². The fourth-order valence-electron chi connectivity index (χ4n) is 4.66. The van der Waals surface area contributed by atoms with E-state index in [0.717, 1.165) is 16.8 Å². The van der Waals surface area contributed by atoms with Gasteiger partial charge in [-0.25, -0.2) is 4.79 Å². The Morgan fingerprint density at radius 2 is 1.89 bits per heavy atom. The Labute approximate surface area is 162 Å². The van der Waals surface area contributed by atoms with Crippen LogP contribution in [-0.4, -0.2) is 17.9 Å². The topological polar surface area (TPSA) is 62.9 Å². The van der Waals surface area contributed by atoms with Crippen molar-refractivity contribution in [1.29, 1.82) is 0 Å². The number of hydrogen-bond donors (Lipinski definition) is 1. The van der Waals surface area contributed by atoms with E-state index in [-0.39, 0.29) is 16.7 Å². The number of rotatable bonds is 0. The van der Waals surface area contributed by atoms with Crippen LogP contribution in [0.25, 0.3) is 17.0 Å². The molecule has 2 aliphatic heterocycles. The number of ether oxygens (including phenoxy) is 1. The van der Waals surface area contributed by atoms with Crippen LogP contribution in [0.3, 0.4) is 0 Å². The quantitative estimate of drug-likeness (QED) is 0.593. The van der Waals surface area contributed by atoms with Gasteiger partial charge in [0.25, 0.3) is 0 Å². The summed E-state index contributed by atoms with van der Waals surface area (Å²) in [6.45, 7) is 6.09. The molecule has 5 heteroatoms. The van der Waals surface area contributed by atoms with Gasteiger partial charge in [-0.3, -0.25) is 0 Å². The maximum Gasteiger partial charge on any atom is 0.336 e. The van der Waals surface area contributed by atoms with Gasteiger partial charge in [0.2, 0.25) is 11.5 Å². The normalized spacial score (nSPS) is 21.6. The summed E-state index contributed by atoms with van der Waals surface area (Å²) in [5.74, 6) is 0.189. The molecule has 0 amide bonds. The maximum atomic E-state index is 11.8. The molecule has 142 valence electrons. The second-order valence-electron chi connectivity index (χ2n) is 8.10. The monoisotopic (exact) mass is 375 g/mol. The predicted octanol–water partition coefficient (Wildman–Crippen LogP) is 4.34. The Bertz CT molecular complexity index is 1240. The highest BCUT2D eigenvalue weighted by atomic mass is 16.5. The van der Waals surface area contributed by atoms with Gasteiger partial charge in [0.15, 0.2) is 11.3 Å². The highest BCUT2D eigenvalue weighted by Gasteiger charge is 2.57. The molecule has 1 aromatic heterocycles. The summed E-state index contributed by atoms with van der Waals surface area (Å²) in [7, 11) is 1.99. The highest BCUT2D eigenvalue weighted by Crippen LogP contribution is 2.56. The fraction of sp³-hybridized carbons (Fsp3) is 0.261. The smallest absolute Gasteiger partial charge is 0.336 e. The second-order valence-corrected chi connectivity index (χ2v) is 8.10. The first kappa shape index (κ1) is 16.9. The molecule has 0 fully saturated rings. The van der Waals surface area contributed by atoms with Crippen molar-refractivity contribution in [1.82, 2.24) is 0 Å². The van der Waals surface area contributed by atoms with Gasteiger partial charge in [0, 0.05) is 29.8 Å². The molecule has 1 N–H and O–H groups in total. The lowest BCUT2D eigenvalue weighted by atomic mass is 9.76. The number of aryl methyl sites for hydroxylation is 1. The Hall–Kier alpha value is -3.21. The standard InChI is InChI=1S/C23H21NO4/c1-13-11-18(25)27-21-15(13)12-14-9-10-23(28-20(14)19(21)26)22(2,3)16-7-5-6-8-17(16)24(23)4/h5-12,26H,1-4H3. The summed E-state index contributed by atoms with van der Waals surface area (Å²) in [4.78, 5) is 13.9. The van der Waals surface area contributed by atoms with E-state index >= 15 is 0 Å². The van der Waals surface area contributed by atoms with Crippen molar-refractivity contribution in [3.05, 3.63) is 69.6 Å². The number of likely N-dealkylation sites (N-methyl/N-ethyl adjacent to an activating group) is 1. The third kappa shape index (κ3) is 1.88. The largest absolute Gasteiger partial charge is 0.502 e. The maximum absolute atomic E-state index is 11.8. The minimum Gasteiger partial charge on any atom is -0.502 e. The van der Waals surface area contributed by atoms with Crippen LogP contribution < -0.4 is 15.3 Å². The molecule has 2 aliphatic rings. The van der Waals surface area contributed by atoms with Gasteiger partial charge in [0.1, 0.15) is 0 Å². The Kier molecular flexibility index (Phi) is 3.14. The summed E-state index contributed by atoms with van der Waals surface area (Å²) >= 11 is 0. The molecular weight excluding hydrogens is 354 g/mol. The average molecular weight is 375 g/mol. The Balaban J connectivity index is 1.76. The van der Waals surface area contributed by atoms with Crippen molar-refractivity contribution >= 4 is 22.7 Å². The zero-order valence-electron chi connectivity index (χ0n) is 16.2. The fourth-order valence-corrected chi connectivity index (χ4v) is 4.66. The molecule has 0 saturated carbocycles. The van der Waals surface area contributed by atoms with Crippen molar-refractivity contribution < 1.29 is 14.3 Å². The number of phenolic OH excluding ortho intramolecular Hbond substituents is 1. The van der Waals surface area contributed by atoms with Gasteiger partial charge < -0.3 is 19.2 Å². The van der Waals surface area contributed by atoms with Crippen LogP contribution in [-0.2, 0) is 5.41 Å². The third-order valence-corrected chi connectivity index (χ3v) is 6.28. The van der Waals surface area contributed by atoms with Crippen molar-refractivity contribution in [2.24, 2.45) is 0 Å². The molecule has 1 unspecified atom stereocenters. The van der Waals surface area contributed by atoms with Gasteiger partial charge in [0.05, 0.1) is 5.41 Å². The molecule has 1 atom stereocenters. The van der Waals surface area contributed by atoms with Gasteiger partial charge in [-0.15, -0.1) is 0 Å². The van der Waals surface area contributed by atoms with Crippen LogP contribution >= 0.6 is 0 Å². The molecule has 3 heterocycles. The van der Waals surface area contributed by atoms with E-state index in [1.807, 2.05) is 38.2 Å². The van der Waals surface area contributed by atoms with Crippen molar-refractivity contribution in [3.8, 4) is 11.5 Å². The number of hydrogen-bond acceptors (Lipinski definition) is 5. The molecule has 5 rings (SSSR count). The van der Waals surface area contributed by atoms with Crippen LogP contribution in [0, 0.1) is 6.92 Å². The van der Waals surface area contributed by atoms with Crippen molar-refractivity contribution in [2.75, 3.05) is 11.9 Å². The van der Waals surface area contributed by atoms with E-state index < -0.39 is 11.4 Å². The zero-order valence-corrected chi connectivity index (χ0v) is 16.2. The predicted molar refractivity (Wildman–Crippen MR) is 109 cm³/mol. The van der Waals surface area contributed by atoms with E-state index in [2.05, 4.69) is 37.0 Å². The van der Waals surface area contributed by atoms with E-state index in [9.17, 15) is 9.90 Å². The molecule has 0 bridgehead atoms. The minimum absolute atomic E-state index is 0.141. The number of fused-ring (bicyclic) bond motifs is 3. The lowest BCUT2D eigenvalue weighted by Crippen LogP contribution is -2.58. The average Bonchev–Trinajstić information content (AvgIpc) is 2.83. The molecule has 28 heavy (non-hydrogen) atoms. The van der Waals surface area contributed by atoms with E-state index in [4.69, 9.17) is 9.15 Å².